The van der Waals surface area contributed by atoms with Crippen molar-refractivity contribution in [1.29, 1.82) is 0 Å². The second-order valence-corrected chi connectivity index (χ2v) is 9.48. The second kappa shape index (κ2) is 8.06. The van der Waals surface area contributed by atoms with E-state index in [9.17, 15) is 4.79 Å². The number of carbonyl (C=O) groups excluding carboxylic acids is 1. The van der Waals surface area contributed by atoms with Gasteiger partial charge in [0.1, 0.15) is 0 Å². The number of ketones is 1. The molecule has 2 aliphatic carbocycles. The molecule has 2 aliphatic rings. The average molecular weight is 419 g/mol. The summed E-state index contributed by atoms with van der Waals surface area (Å²) in [5.74, 6) is 0.443. The van der Waals surface area contributed by atoms with E-state index in [2.05, 4.69) is 101 Å². The molecule has 3 aromatic carbocycles. The van der Waals surface area contributed by atoms with Crippen LogP contribution in [0.4, 0.5) is 0 Å². The Balaban J connectivity index is 1.59. The summed E-state index contributed by atoms with van der Waals surface area (Å²) >= 11 is 0. The Kier molecular flexibility index (Phi) is 5.21. The molecule has 0 spiro atoms. The van der Waals surface area contributed by atoms with E-state index in [1.807, 2.05) is 0 Å². The minimum atomic E-state index is -0.0940. The van der Waals surface area contributed by atoms with E-state index >= 15 is 0 Å². The molecule has 0 bridgehead atoms. The first-order valence-corrected chi connectivity index (χ1v) is 11.6. The van der Waals surface area contributed by atoms with E-state index in [-0.39, 0.29) is 17.6 Å². The van der Waals surface area contributed by atoms with Crippen molar-refractivity contribution in [3.05, 3.63) is 112 Å². The number of fused-ring (bicyclic) bond motifs is 2. The zero-order chi connectivity index (χ0) is 22.4. The highest BCUT2D eigenvalue weighted by atomic mass is 16.1. The fourth-order valence-corrected chi connectivity index (χ4v) is 5.65. The standard InChI is InChI=1S/C31H30O/c1-19-7-5-8-20(2)29(19)25-15-13-23-11-12-24-14-16-26(18-28(24)31(32)27(23)17-25)30-21(3)9-6-10-22(30)4/h5-10,13-18,23,27H,11-12H2,1-4H3. The molecule has 0 aromatic heterocycles. The van der Waals surface area contributed by atoms with Gasteiger partial charge in [-0.15, -0.1) is 0 Å². The first kappa shape index (κ1) is 20.7. The molecule has 2 atom stereocenters. The minimum absolute atomic E-state index is 0.0940. The molecule has 0 amide bonds. The van der Waals surface area contributed by atoms with Crippen molar-refractivity contribution < 1.29 is 4.79 Å². The summed E-state index contributed by atoms with van der Waals surface area (Å²) in [4.78, 5) is 13.9. The molecule has 1 nitrogen and oxygen atoms in total. The predicted molar refractivity (Wildman–Crippen MR) is 134 cm³/mol. The number of carbonyl (C=O) groups is 1. The maximum absolute atomic E-state index is 13.9. The van der Waals surface area contributed by atoms with Crippen molar-refractivity contribution in [2.75, 3.05) is 0 Å². The van der Waals surface area contributed by atoms with Crippen LogP contribution < -0.4 is 0 Å². The number of hydrogen-bond acceptors (Lipinski definition) is 1. The van der Waals surface area contributed by atoms with Crippen molar-refractivity contribution in [2.24, 2.45) is 11.8 Å². The summed E-state index contributed by atoms with van der Waals surface area (Å²) in [6.45, 7) is 8.61. The molecule has 160 valence electrons. The molecule has 32 heavy (non-hydrogen) atoms. The van der Waals surface area contributed by atoms with Crippen molar-refractivity contribution in [1.82, 2.24) is 0 Å². The quantitative estimate of drug-likeness (QED) is 0.419. The Morgan fingerprint density at radius 1 is 0.781 bits per heavy atom. The fraction of sp³-hybridized carbons (Fsp3) is 0.258. The Hall–Kier alpha value is -3.19. The average Bonchev–Trinajstić information content (AvgIpc) is 2.90. The van der Waals surface area contributed by atoms with Crippen molar-refractivity contribution in [2.45, 2.75) is 40.5 Å². The van der Waals surface area contributed by atoms with Gasteiger partial charge in [0.15, 0.2) is 5.78 Å². The summed E-state index contributed by atoms with van der Waals surface area (Å²) in [7, 11) is 0. The highest BCUT2D eigenvalue weighted by Crippen LogP contribution is 2.39. The van der Waals surface area contributed by atoms with Crippen LogP contribution in [0.3, 0.4) is 0 Å². The largest absolute Gasteiger partial charge is 0.293 e. The van der Waals surface area contributed by atoms with Gasteiger partial charge in [-0.3, -0.25) is 4.79 Å². The summed E-state index contributed by atoms with van der Waals surface area (Å²) in [5.41, 5.74) is 12.0. The summed E-state index contributed by atoms with van der Waals surface area (Å²) in [6.07, 6.45) is 8.72. The highest BCUT2D eigenvalue weighted by Gasteiger charge is 2.33. The van der Waals surface area contributed by atoms with Crippen LogP contribution in [-0.2, 0) is 6.42 Å². The molecule has 2 unspecified atom stereocenters. The molecule has 1 heteroatoms. The summed E-state index contributed by atoms with van der Waals surface area (Å²) in [5, 5.41) is 0. The van der Waals surface area contributed by atoms with E-state index < -0.39 is 0 Å². The van der Waals surface area contributed by atoms with Gasteiger partial charge in [-0.1, -0.05) is 66.8 Å². The first-order valence-electron chi connectivity index (χ1n) is 11.6. The third-order valence-electron chi connectivity index (χ3n) is 7.31. The number of rotatable bonds is 2. The lowest BCUT2D eigenvalue weighted by atomic mass is 9.78. The van der Waals surface area contributed by atoms with Crippen LogP contribution in [0.5, 0.6) is 0 Å². The minimum Gasteiger partial charge on any atom is -0.293 e. The van der Waals surface area contributed by atoms with Gasteiger partial charge in [0, 0.05) is 11.5 Å². The smallest absolute Gasteiger partial charge is 0.170 e. The lowest BCUT2D eigenvalue weighted by Gasteiger charge is -2.24. The molecule has 0 saturated carbocycles. The number of hydrogen-bond donors (Lipinski definition) is 0. The number of aryl methyl sites for hydroxylation is 5. The maximum atomic E-state index is 13.9. The molecular weight excluding hydrogens is 388 g/mol. The molecular formula is C31H30O. The van der Waals surface area contributed by atoms with Crippen LogP contribution in [0, 0.1) is 39.5 Å². The Morgan fingerprint density at radius 3 is 2.06 bits per heavy atom. The topological polar surface area (TPSA) is 17.1 Å². The third kappa shape index (κ3) is 3.46. The second-order valence-electron chi connectivity index (χ2n) is 9.48. The molecule has 0 N–H and O–H groups in total. The van der Waals surface area contributed by atoms with Gasteiger partial charge in [0.25, 0.3) is 0 Å². The first-order chi connectivity index (χ1) is 15.4. The number of Topliss-reactive ketones (excluding diaryl/α,β-unsaturated/α-hetero) is 1. The van der Waals surface area contributed by atoms with E-state index in [0.29, 0.717) is 0 Å². The molecule has 0 aliphatic heterocycles. The van der Waals surface area contributed by atoms with Crippen molar-refractivity contribution >= 4 is 11.4 Å². The predicted octanol–water partition coefficient (Wildman–Crippen LogP) is 7.60. The lowest BCUT2D eigenvalue weighted by Crippen LogP contribution is -2.22. The van der Waals surface area contributed by atoms with Crippen LogP contribution in [0.15, 0.2) is 72.8 Å². The normalized spacial score (nSPS) is 19.8. The van der Waals surface area contributed by atoms with E-state index in [1.54, 1.807) is 0 Å². The zero-order valence-corrected chi connectivity index (χ0v) is 19.4. The van der Waals surface area contributed by atoms with Gasteiger partial charge < -0.3 is 0 Å². The zero-order valence-electron chi connectivity index (χ0n) is 19.4. The Labute approximate surface area is 191 Å². The number of benzene rings is 3. The van der Waals surface area contributed by atoms with Gasteiger partial charge in [0.05, 0.1) is 0 Å². The monoisotopic (exact) mass is 418 g/mol. The SMILES string of the molecule is Cc1cccc(C)c1C1=CC2C(=O)c3cc(-c4c(C)cccc4C)ccc3CCC2C=C1. The Morgan fingerprint density at radius 2 is 1.41 bits per heavy atom. The van der Waals surface area contributed by atoms with E-state index in [4.69, 9.17) is 0 Å². The van der Waals surface area contributed by atoms with Crippen LogP contribution in [0.2, 0.25) is 0 Å². The maximum Gasteiger partial charge on any atom is 0.170 e. The van der Waals surface area contributed by atoms with Crippen molar-refractivity contribution in [3.63, 3.8) is 0 Å². The number of allylic oxidation sites excluding steroid dienone is 4. The summed E-state index contributed by atoms with van der Waals surface area (Å²) in [6, 6.07) is 19.4. The molecule has 0 fully saturated rings. The van der Waals surface area contributed by atoms with Crippen molar-refractivity contribution in [3.8, 4) is 11.1 Å². The lowest BCUT2D eigenvalue weighted by molar-refractivity contribution is 0.0924. The van der Waals surface area contributed by atoms with Gasteiger partial charge in [0.2, 0.25) is 0 Å². The van der Waals surface area contributed by atoms with Gasteiger partial charge in [-0.25, -0.2) is 0 Å². The molecule has 3 aromatic rings. The molecule has 5 rings (SSSR count). The van der Waals surface area contributed by atoms with Gasteiger partial charge in [-0.2, -0.15) is 0 Å². The van der Waals surface area contributed by atoms with Crippen LogP contribution in [0.1, 0.15) is 50.2 Å². The molecule has 0 saturated heterocycles. The van der Waals surface area contributed by atoms with Crippen LogP contribution in [-0.4, -0.2) is 5.78 Å². The van der Waals surface area contributed by atoms with Crippen LogP contribution >= 0.6 is 0 Å². The molecule has 0 heterocycles. The van der Waals surface area contributed by atoms with Crippen LogP contribution in [0.25, 0.3) is 16.7 Å². The fourth-order valence-electron chi connectivity index (χ4n) is 5.65. The van der Waals surface area contributed by atoms with E-state index in [1.165, 1.54) is 44.5 Å². The van der Waals surface area contributed by atoms with E-state index in [0.717, 1.165) is 24.0 Å². The Bertz CT molecular complexity index is 1250. The summed E-state index contributed by atoms with van der Waals surface area (Å²) < 4.78 is 0. The molecule has 0 radical (unpaired) electrons. The highest BCUT2D eigenvalue weighted by molar-refractivity contribution is 6.03. The van der Waals surface area contributed by atoms with Gasteiger partial charge in [-0.05, 0) is 103 Å². The third-order valence-corrected chi connectivity index (χ3v) is 7.31. The van der Waals surface area contributed by atoms with Gasteiger partial charge >= 0.3 is 0 Å².